The van der Waals surface area contributed by atoms with E-state index in [-0.39, 0.29) is 42.0 Å². The molecule has 0 aliphatic carbocycles. The standard InChI is InChI=1S/C7H9O7P.ClH.Na/c8-4(9)1-2-7(15-14,6(12)13)3-5(10)11;;/h1-3H2,(H,8,9)(H,10,11)(H,12,13);1H;/q;;+1/p-1. The Bertz CT molecular complexity index is 311. The van der Waals surface area contributed by atoms with Crippen molar-refractivity contribution in [1.29, 1.82) is 0 Å². The van der Waals surface area contributed by atoms with Crippen molar-refractivity contribution in [1.82, 2.24) is 0 Å². The van der Waals surface area contributed by atoms with Gasteiger partial charge >= 0.3 is 47.5 Å². The molecule has 0 aromatic heterocycles. The third-order valence-corrected chi connectivity index (χ3v) is 2.69. The molecule has 0 aliphatic rings. The summed E-state index contributed by atoms with van der Waals surface area (Å²) in [5, 5.41) is 23.5. The zero-order chi connectivity index (χ0) is 12.1. The Morgan fingerprint density at radius 2 is 1.53 bits per heavy atom. The fourth-order valence-electron chi connectivity index (χ4n) is 0.952. The molecule has 0 fully saturated rings. The van der Waals surface area contributed by atoms with Crippen LogP contribution in [0.25, 0.3) is 0 Å². The fourth-order valence-corrected chi connectivity index (χ4v) is 1.43. The van der Waals surface area contributed by atoms with E-state index in [1.54, 1.807) is 0 Å². The number of hydrogen-bond acceptors (Lipinski definition) is 4. The van der Waals surface area contributed by atoms with Crippen molar-refractivity contribution in [3.05, 3.63) is 0 Å². The molecule has 0 radical (unpaired) electrons. The van der Waals surface area contributed by atoms with E-state index in [0.29, 0.717) is 0 Å². The summed E-state index contributed by atoms with van der Waals surface area (Å²) in [6.07, 6.45) is -1.91. The number of carboxylic acid groups (broad SMARTS) is 3. The third-order valence-electron chi connectivity index (χ3n) is 1.77. The summed E-state index contributed by atoms with van der Waals surface area (Å²) in [7, 11) is -0.900. The molecule has 92 valence electrons. The number of rotatable bonds is 7. The summed E-state index contributed by atoms with van der Waals surface area (Å²) in [5.74, 6) is -4.29. The number of carbonyl (C=O) groups is 3. The summed E-state index contributed by atoms with van der Waals surface area (Å²) in [4.78, 5) is 31.3. The Morgan fingerprint density at radius 3 is 1.76 bits per heavy atom. The second-order valence-corrected chi connectivity index (χ2v) is 3.93. The number of aliphatic carboxylic acids is 3. The molecular formula is C7H9ClNaO7P. The Labute approximate surface area is 126 Å². The molecule has 3 N–H and O–H groups in total. The average molecular weight is 295 g/mol. The number of halogens is 1. The van der Waals surface area contributed by atoms with E-state index in [1.807, 2.05) is 0 Å². The topological polar surface area (TPSA) is 129 Å². The van der Waals surface area contributed by atoms with Gasteiger partial charge in [0, 0.05) is 6.42 Å². The minimum absolute atomic E-state index is 0. The van der Waals surface area contributed by atoms with Gasteiger partial charge in [0.05, 0.1) is 6.42 Å². The molecule has 1 unspecified atom stereocenters. The van der Waals surface area contributed by atoms with Gasteiger partial charge in [-0.05, 0) is 6.42 Å². The van der Waals surface area contributed by atoms with E-state index >= 15 is 0 Å². The molecule has 0 aromatic rings. The van der Waals surface area contributed by atoms with E-state index in [0.717, 1.165) is 0 Å². The predicted octanol–water partition coefficient (Wildman–Crippen LogP) is -5.55. The van der Waals surface area contributed by atoms with Gasteiger partial charge in [0.2, 0.25) is 0 Å². The SMILES string of the molecule is O=PC(CCC(=O)O)(CC(=O)O)C(=O)O.[Cl-].[Na+]. The maximum atomic E-state index is 10.7. The second kappa shape index (κ2) is 9.79. The molecule has 17 heavy (non-hydrogen) atoms. The minimum Gasteiger partial charge on any atom is -1.00 e. The first-order valence-electron chi connectivity index (χ1n) is 3.85. The van der Waals surface area contributed by atoms with Gasteiger partial charge < -0.3 is 27.7 Å². The van der Waals surface area contributed by atoms with Crippen LogP contribution in [0.2, 0.25) is 0 Å². The first-order valence-corrected chi connectivity index (χ1v) is 4.67. The molecule has 0 rings (SSSR count). The fraction of sp³-hybridized carbons (Fsp3) is 0.571. The van der Waals surface area contributed by atoms with Gasteiger partial charge in [-0.1, -0.05) is 0 Å². The summed E-state index contributed by atoms with van der Waals surface area (Å²) in [6.45, 7) is 0. The maximum absolute atomic E-state index is 10.7. The van der Waals surface area contributed by atoms with Crippen molar-refractivity contribution in [2.24, 2.45) is 0 Å². The smallest absolute Gasteiger partial charge is 1.00 e. The van der Waals surface area contributed by atoms with Crippen LogP contribution in [0.3, 0.4) is 0 Å². The van der Waals surface area contributed by atoms with Crippen molar-refractivity contribution in [2.75, 3.05) is 0 Å². The molecule has 1 atom stereocenters. The van der Waals surface area contributed by atoms with Gasteiger partial charge in [-0.2, -0.15) is 0 Å². The Balaban J connectivity index is -0.000000980. The molecule has 10 heteroatoms. The van der Waals surface area contributed by atoms with Crippen LogP contribution in [0, 0.1) is 0 Å². The summed E-state index contributed by atoms with van der Waals surface area (Å²) in [5.41, 5.74) is 0. The molecule has 0 saturated carbocycles. The van der Waals surface area contributed by atoms with Crippen molar-refractivity contribution >= 4 is 26.4 Å². The van der Waals surface area contributed by atoms with Crippen LogP contribution in [0.1, 0.15) is 19.3 Å². The molecule has 0 bridgehead atoms. The average Bonchev–Trinajstić information content (AvgIpc) is 2.11. The van der Waals surface area contributed by atoms with E-state index in [4.69, 9.17) is 15.3 Å². The zero-order valence-corrected chi connectivity index (χ0v) is 12.6. The quantitative estimate of drug-likeness (QED) is 0.315. The third kappa shape index (κ3) is 7.68. The zero-order valence-electron chi connectivity index (χ0n) is 8.92. The number of hydrogen-bond donors (Lipinski definition) is 3. The minimum atomic E-state index is -2.05. The molecule has 0 saturated heterocycles. The summed E-state index contributed by atoms with van der Waals surface area (Å²) < 4.78 is 10.7. The monoisotopic (exact) mass is 294 g/mol. The molecule has 0 heterocycles. The molecule has 0 aliphatic heterocycles. The van der Waals surface area contributed by atoms with Gasteiger partial charge in [0.25, 0.3) is 0 Å². The van der Waals surface area contributed by atoms with Crippen molar-refractivity contribution in [2.45, 2.75) is 24.4 Å². The Hall–Kier alpha value is -0.200. The number of carboxylic acids is 3. The molecule has 0 aromatic carbocycles. The van der Waals surface area contributed by atoms with Gasteiger partial charge in [-0.25, -0.2) is 0 Å². The molecular weight excluding hydrogens is 285 g/mol. The largest absolute Gasteiger partial charge is 1.00 e. The van der Waals surface area contributed by atoms with Crippen LogP contribution in [0.15, 0.2) is 0 Å². The second-order valence-electron chi connectivity index (χ2n) is 2.89. The van der Waals surface area contributed by atoms with Crippen LogP contribution in [-0.4, -0.2) is 38.4 Å². The molecule has 7 nitrogen and oxygen atoms in total. The van der Waals surface area contributed by atoms with Crippen LogP contribution >= 0.6 is 8.46 Å². The van der Waals surface area contributed by atoms with Gasteiger partial charge in [0.1, 0.15) is 0 Å². The van der Waals surface area contributed by atoms with E-state index in [1.165, 1.54) is 0 Å². The maximum Gasteiger partial charge on any atom is 1.00 e. The van der Waals surface area contributed by atoms with Gasteiger partial charge in [-0.3, -0.25) is 18.9 Å². The normalized spacial score (nSPS) is 12.7. The van der Waals surface area contributed by atoms with Crippen molar-refractivity contribution in [3.8, 4) is 0 Å². The van der Waals surface area contributed by atoms with E-state index in [9.17, 15) is 18.9 Å². The van der Waals surface area contributed by atoms with Crippen LogP contribution < -0.4 is 42.0 Å². The van der Waals surface area contributed by atoms with E-state index in [2.05, 4.69) is 0 Å². The van der Waals surface area contributed by atoms with Crippen molar-refractivity contribution in [3.63, 3.8) is 0 Å². The first kappa shape index (κ1) is 22.0. The summed E-state index contributed by atoms with van der Waals surface area (Å²) >= 11 is 0. The van der Waals surface area contributed by atoms with Gasteiger partial charge in [0.15, 0.2) is 13.6 Å². The Morgan fingerprint density at radius 1 is 1.06 bits per heavy atom. The molecule has 0 spiro atoms. The summed E-state index contributed by atoms with van der Waals surface area (Å²) in [6, 6.07) is 0. The van der Waals surface area contributed by atoms with Crippen LogP contribution in [0.4, 0.5) is 0 Å². The molecule has 0 amide bonds. The van der Waals surface area contributed by atoms with E-state index < -0.39 is 50.8 Å². The van der Waals surface area contributed by atoms with Gasteiger partial charge in [-0.15, -0.1) is 0 Å². The van der Waals surface area contributed by atoms with Crippen LogP contribution in [0.5, 0.6) is 0 Å². The Kier molecular flexibility index (Phi) is 12.7. The van der Waals surface area contributed by atoms with Crippen LogP contribution in [-0.2, 0) is 18.9 Å². The predicted molar refractivity (Wildman–Crippen MR) is 47.1 cm³/mol. The first-order chi connectivity index (χ1) is 6.84. The van der Waals surface area contributed by atoms with Crippen molar-refractivity contribution < 1.29 is 76.2 Å².